The van der Waals surface area contributed by atoms with Crippen LogP contribution in [-0.4, -0.2) is 52.5 Å². The highest BCUT2D eigenvalue weighted by Crippen LogP contribution is 2.46. The Morgan fingerprint density at radius 1 is 1.11 bits per heavy atom. The largest absolute Gasteiger partial charge is 0.368 e. The summed E-state index contributed by atoms with van der Waals surface area (Å²) in [5.74, 6) is 0.242. The van der Waals surface area contributed by atoms with Gasteiger partial charge in [0.05, 0.1) is 18.1 Å². The average molecular weight is 368 g/mol. The topological polar surface area (TPSA) is 90.5 Å². The van der Waals surface area contributed by atoms with Crippen LogP contribution in [0.25, 0.3) is 0 Å². The van der Waals surface area contributed by atoms with Crippen LogP contribution in [0.4, 0.5) is 11.6 Å². The number of rotatable bonds is 3. The summed E-state index contributed by atoms with van der Waals surface area (Å²) in [6, 6.07) is 10.8. The predicted octanol–water partition coefficient (Wildman–Crippen LogP) is 1.51. The Labute approximate surface area is 160 Å². The van der Waals surface area contributed by atoms with Crippen LogP contribution >= 0.6 is 0 Å². The van der Waals surface area contributed by atoms with Crippen molar-refractivity contribution < 1.29 is 5.11 Å². The summed E-state index contributed by atoms with van der Waals surface area (Å²) in [7, 11) is 4.33. The van der Waals surface area contributed by atoms with E-state index >= 15 is 0 Å². The molecule has 7 nitrogen and oxygen atoms in total. The molecule has 0 amide bonds. The Bertz CT molecular complexity index is 771. The van der Waals surface area contributed by atoms with Gasteiger partial charge in [0, 0.05) is 17.6 Å². The predicted molar refractivity (Wildman–Crippen MR) is 106 cm³/mol. The second kappa shape index (κ2) is 6.74. The van der Waals surface area contributed by atoms with E-state index in [1.807, 2.05) is 4.90 Å². The standard InChI is InChI=1S/C20H28N6O/c1-25(2)20(15-6-4-3-5-7-15)10-8-19(9-11-20)14-26(18(27)24-19)16-12-22-17(21)23-13-16/h3-7,12-13,18,24,27H,8-11,14H2,1-2H3,(H2,21,22,23)/t18?,19-,20+. The Morgan fingerprint density at radius 3 is 2.33 bits per heavy atom. The van der Waals surface area contributed by atoms with Crippen molar-refractivity contribution in [1.82, 2.24) is 20.2 Å². The SMILES string of the molecule is CN(C)[C@]1(c2ccccc2)CC[C@]2(CC1)CN(c1cnc(N)nc1)C(O)N2. The van der Waals surface area contributed by atoms with Crippen molar-refractivity contribution in [3.05, 3.63) is 48.3 Å². The van der Waals surface area contributed by atoms with Gasteiger partial charge in [-0.3, -0.25) is 10.2 Å². The van der Waals surface area contributed by atoms with Crippen molar-refractivity contribution in [2.24, 2.45) is 0 Å². The van der Waals surface area contributed by atoms with Crippen LogP contribution in [0.1, 0.15) is 31.2 Å². The van der Waals surface area contributed by atoms with E-state index in [0.717, 1.165) is 37.9 Å². The Balaban J connectivity index is 1.53. The molecule has 1 unspecified atom stereocenters. The number of hydrogen-bond acceptors (Lipinski definition) is 7. The van der Waals surface area contributed by atoms with Gasteiger partial charge in [-0.25, -0.2) is 9.97 Å². The van der Waals surface area contributed by atoms with Crippen LogP contribution in [0.15, 0.2) is 42.7 Å². The van der Waals surface area contributed by atoms with Crippen LogP contribution in [0, 0.1) is 0 Å². The van der Waals surface area contributed by atoms with E-state index in [1.165, 1.54) is 5.56 Å². The molecule has 2 heterocycles. The maximum Gasteiger partial charge on any atom is 0.220 e. The maximum atomic E-state index is 10.6. The Kier molecular flexibility index (Phi) is 4.53. The van der Waals surface area contributed by atoms with E-state index in [2.05, 4.69) is 64.6 Å². The van der Waals surface area contributed by atoms with Crippen molar-refractivity contribution in [3.8, 4) is 0 Å². The lowest BCUT2D eigenvalue weighted by Gasteiger charge is -2.49. The van der Waals surface area contributed by atoms with Gasteiger partial charge in [-0.15, -0.1) is 0 Å². The molecule has 1 aromatic carbocycles. The van der Waals surface area contributed by atoms with E-state index < -0.39 is 6.35 Å². The molecular weight excluding hydrogens is 340 g/mol. The molecule has 0 radical (unpaired) electrons. The van der Waals surface area contributed by atoms with Gasteiger partial charge in [0.15, 0.2) is 6.35 Å². The summed E-state index contributed by atoms with van der Waals surface area (Å²) in [4.78, 5) is 12.4. The van der Waals surface area contributed by atoms with Crippen molar-refractivity contribution in [1.29, 1.82) is 0 Å². The third-order valence-electron chi connectivity index (χ3n) is 6.39. The maximum absolute atomic E-state index is 10.6. The first-order valence-corrected chi connectivity index (χ1v) is 9.47. The summed E-state index contributed by atoms with van der Waals surface area (Å²) >= 11 is 0. The first kappa shape index (κ1) is 18.2. The highest BCUT2D eigenvalue weighted by molar-refractivity contribution is 5.46. The average Bonchev–Trinajstić information content (AvgIpc) is 3.00. The number of aliphatic hydroxyl groups excluding tert-OH is 1. The van der Waals surface area contributed by atoms with Gasteiger partial charge < -0.3 is 15.7 Å². The molecule has 1 aliphatic carbocycles. The minimum atomic E-state index is -0.735. The molecule has 1 saturated carbocycles. The van der Waals surface area contributed by atoms with Gasteiger partial charge in [0.2, 0.25) is 5.95 Å². The Hall–Kier alpha value is -2.22. The van der Waals surface area contributed by atoms with Crippen LogP contribution < -0.4 is 16.0 Å². The van der Waals surface area contributed by atoms with Crippen LogP contribution in [0.5, 0.6) is 0 Å². The third kappa shape index (κ3) is 3.16. The lowest BCUT2D eigenvalue weighted by atomic mass is 9.69. The third-order valence-corrected chi connectivity index (χ3v) is 6.39. The van der Waals surface area contributed by atoms with E-state index in [1.54, 1.807) is 12.4 Å². The molecule has 2 aliphatic rings. The second-order valence-corrected chi connectivity index (χ2v) is 8.02. The minimum absolute atomic E-state index is 0.0386. The minimum Gasteiger partial charge on any atom is -0.368 e. The summed E-state index contributed by atoms with van der Waals surface area (Å²) in [6.07, 6.45) is 6.66. The van der Waals surface area contributed by atoms with Gasteiger partial charge in [-0.2, -0.15) is 0 Å². The molecule has 27 heavy (non-hydrogen) atoms. The summed E-state index contributed by atoms with van der Waals surface area (Å²) in [5, 5.41) is 14.0. The zero-order valence-electron chi connectivity index (χ0n) is 16.0. The zero-order valence-corrected chi connectivity index (χ0v) is 16.0. The number of nitrogens with zero attached hydrogens (tertiary/aromatic N) is 4. The normalized spacial score (nSPS) is 31.0. The first-order valence-electron chi connectivity index (χ1n) is 9.47. The van der Waals surface area contributed by atoms with Crippen molar-refractivity contribution in [2.45, 2.75) is 43.1 Å². The van der Waals surface area contributed by atoms with E-state index in [0.29, 0.717) is 0 Å². The number of anilines is 2. The Morgan fingerprint density at radius 2 is 1.74 bits per heavy atom. The van der Waals surface area contributed by atoms with Crippen molar-refractivity contribution in [3.63, 3.8) is 0 Å². The lowest BCUT2D eigenvalue weighted by Crippen LogP contribution is -2.54. The fourth-order valence-corrected chi connectivity index (χ4v) is 4.71. The molecule has 0 bridgehead atoms. The number of nitrogens with one attached hydrogen (secondary N) is 1. The van der Waals surface area contributed by atoms with Crippen LogP contribution in [0.2, 0.25) is 0 Å². The number of hydrogen-bond donors (Lipinski definition) is 3. The second-order valence-electron chi connectivity index (χ2n) is 8.02. The van der Waals surface area contributed by atoms with Gasteiger partial charge >= 0.3 is 0 Å². The molecule has 2 fully saturated rings. The molecule has 1 aromatic heterocycles. The van der Waals surface area contributed by atoms with E-state index in [-0.39, 0.29) is 17.0 Å². The molecule has 1 atom stereocenters. The molecular formula is C20H28N6O. The lowest BCUT2D eigenvalue weighted by molar-refractivity contribution is 0.0513. The van der Waals surface area contributed by atoms with Crippen LogP contribution in [0.3, 0.4) is 0 Å². The zero-order chi connectivity index (χ0) is 19.1. The van der Waals surface area contributed by atoms with E-state index in [9.17, 15) is 5.11 Å². The quantitative estimate of drug-likeness (QED) is 0.756. The van der Waals surface area contributed by atoms with Gasteiger partial charge in [0.25, 0.3) is 0 Å². The molecule has 4 N–H and O–H groups in total. The summed E-state index contributed by atoms with van der Waals surface area (Å²) in [6.45, 7) is 0.736. The molecule has 2 aromatic rings. The molecule has 7 heteroatoms. The molecule has 144 valence electrons. The van der Waals surface area contributed by atoms with Gasteiger partial charge in [-0.05, 0) is 45.3 Å². The first-order chi connectivity index (χ1) is 12.9. The monoisotopic (exact) mass is 368 g/mol. The van der Waals surface area contributed by atoms with E-state index in [4.69, 9.17) is 5.73 Å². The highest BCUT2D eigenvalue weighted by atomic mass is 16.3. The van der Waals surface area contributed by atoms with Crippen molar-refractivity contribution >= 4 is 11.6 Å². The number of aliphatic hydroxyl groups is 1. The molecule has 1 saturated heterocycles. The van der Waals surface area contributed by atoms with Gasteiger partial charge in [-0.1, -0.05) is 30.3 Å². The summed E-state index contributed by atoms with van der Waals surface area (Å²) < 4.78 is 0. The summed E-state index contributed by atoms with van der Waals surface area (Å²) in [5.41, 5.74) is 7.68. The number of aromatic nitrogens is 2. The molecule has 1 spiro atoms. The number of benzene rings is 1. The fourth-order valence-electron chi connectivity index (χ4n) is 4.71. The van der Waals surface area contributed by atoms with Crippen LogP contribution in [-0.2, 0) is 5.54 Å². The molecule has 1 aliphatic heterocycles. The fraction of sp³-hybridized carbons (Fsp3) is 0.500. The smallest absolute Gasteiger partial charge is 0.220 e. The highest BCUT2D eigenvalue weighted by Gasteiger charge is 2.50. The molecule has 4 rings (SSSR count). The van der Waals surface area contributed by atoms with Crippen molar-refractivity contribution in [2.75, 3.05) is 31.3 Å². The number of nitrogens with two attached hydrogens (primary N) is 1. The van der Waals surface area contributed by atoms with Gasteiger partial charge in [0.1, 0.15) is 0 Å². The number of nitrogen functional groups attached to an aromatic ring is 1.